The number of unbranched alkanes of at least 4 members (excludes halogenated alkanes) is 2. The van der Waals surface area contributed by atoms with Crippen molar-refractivity contribution in [2.45, 2.75) is 33.1 Å². The summed E-state index contributed by atoms with van der Waals surface area (Å²) < 4.78 is 5.32. The number of hydrogen-bond donors (Lipinski definition) is 0. The van der Waals surface area contributed by atoms with Crippen LogP contribution in [0.1, 0.15) is 44.2 Å². The van der Waals surface area contributed by atoms with Gasteiger partial charge in [-0.2, -0.15) is 0 Å². The zero-order chi connectivity index (χ0) is 17.9. The maximum absolute atomic E-state index is 12.7. The van der Waals surface area contributed by atoms with E-state index < -0.39 is 0 Å². The van der Waals surface area contributed by atoms with Gasteiger partial charge in [0, 0.05) is 12.0 Å². The predicted molar refractivity (Wildman–Crippen MR) is 104 cm³/mol. The van der Waals surface area contributed by atoms with Gasteiger partial charge in [0.15, 0.2) is 0 Å². The summed E-state index contributed by atoms with van der Waals surface area (Å²) in [7, 11) is 0. The van der Waals surface area contributed by atoms with Crippen LogP contribution in [-0.4, -0.2) is 12.6 Å². The van der Waals surface area contributed by atoms with Gasteiger partial charge in [0.05, 0.1) is 12.2 Å². The average molecular weight is 332 g/mol. The molecular weight excluding hydrogens is 308 g/mol. The van der Waals surface area contributed by atoms with Crippen LogP contribution in [0, 0.1) is 11.8 Å². The van der Waals surface area contributed by atoms with E-state index in [0.29, 0.717) is 12.2 Å². The lowest BCUT2D eigenvalue weighted by molar-refractivity contribution is -0.136. The van der Waals surface area contributed by atoms with Crippen molar-refractivity contribution in [2.24, 2.45) is 0 Å². The standard InChI is InChI=1S/C23H24O2/c1-3-5-6-13-18-21(19-14-9-7-10-15-19)22(23(24)25-4-2)20-16-11-8-12-17-20/h7-12,14-17H,3-6H2,1-2H3/b22-21-. The number of hydrogen-bond acceptors (Lipinski definition) is 2. The van der Waals surface area contributed by atoms with Gasteiger partial charge in [-0.1, -0.05) is 85.8 Å². The van der Waals surface area contributed by atoms with E-state index in [-0.39, 0.29) is 5.97 Å². The molecule has 0 aliphatic rings. The summed E-state index contributed by atoms with van der Waals surface area (Å²) in [4.78, 5) is 12.7. The van der Waals surface area contributed by atoms with Crippen LogP contribution in [-0.2, 0) is 9.53 Å². The van der Waals surface area contributed by atoms with Crippen LogP contribution in [0.15, 0.2) is 60.7 Å². The first-order valence-corrected chi connectivity index (χ1v) is 8.79. The largest absolute Gasteiger partial charge is 0.462 e. The molecule has 0 N–H and O–H groups in total. The monoisotopic (exact) mass is 332 g/mol. The van der Waals surface area contributed by atoms with Gasteiger partial charge in [0.2, 0.25) is 0 Å². The van der Waals surface area contributed by atoms with Crippen molar-refractivity contribution in [1.82, 2.24) is 0 Å². The van der Waals surface area contributed by atoms with Crippen molar-refractivity contribution in [1.29, 1.82) is 0 Å². The minimum atomic E-state index is -0.336. The zero-order valence-electron chi connectivity index (χ0n) is 14.9. The molecule has 0 radical (unpaired) electrons. The van der Waals surface area contributed by atoms with E-state index >= 15 is 0 Å². The highest BCUT2D eigenvalue weighted by Gasteiger charge is 2.19. The first-order chi connectivity index (χ1) is 12.3. The van der Waals surface area contributed by atoms with E-state index in [9.17, 15) is 4.79 Å². The number of benzene rings is 2. The molecule has 0 aliphatic heterocycles. The first kappa shape index (κ1) is 18.5. The van der Waals surface area contributed by atoms with E-state index in [1.807, 2.05) is 67.6 Å². The van der Waals surface area contributed by atoms with Gasteiger partial charge in [-0.3, -0.25) is 0 Å². The Morgan fingerprint density at radius 2 is 1.52 bits per heavy atom. The molecule has 0 saturated carbocycles. The predicted octanol–water partition coefficient (Wildman–Crippen LogP) is 5.35. The number of esters is 1. The van der Waals surface area contributed by atoms with E-state index in [2.05, 4.69) is 18.8 Å². The molecule has 0 heterocycles. The zero-order valence-corrected chi connectivity index (χ0v) is 14.9. The second kappa shape index (κ2) is 10.2. The van der Waals surface area contributed by atoms with Gasteiger partial charge in [0.1, 0.15) is 0 Å². The minimum absolute atomic E-state index is 0.334. The van der Waals surface area contributed by atoms with E-state index in [0.717, 1.165) is 36.0 Å². The van der Waals surface area contributed by atoms with E-state index in [1.54, 1.807) is 0 Å². The second-order valence-electron chi connectivity index (χ2n) is 5.61. The molecule has 0 bridgehead atoms. The smallest absolute Gasteiger partial charge is 0.340 e. The number of carbonyl (C=O) groups is 1. The van der Waals surface area contributed by atoms with Crippen LogP contribution in [0.3, 0.4) is 0 Å². The molecule has 2 heteroatoms. The fourth-order valence-electron chi connectivity index (χ4n) is 2.47. The Hall–Kier alpha value is -2.79. The van der Waals surface area contributed by atoms with Crippen LogP contribution < -0.4 is 0 Å². The Kier molecular flexibility index (Phi) is 7.53. The van der Waals surface area contributed by atoms with E-state index in [1.165, 1.54) is 0 Å². The third kappa shape index (κ3) is 5.36. The fourth-order valence-corrected chi connectivity index (χ4v) is 2.47. The van der Waals surface area contributed by atoms with Gasteiger partial charge >= 0.3 is 5.97 Å². The normalized spacial score (nSPS) is 11.1. The lowest BCUT2D eigenvalue weighted by Crippen LogP contribution is -2.09. The maximum atomic E-state index is 12.7. The van der Waals surface area contributed by atoms with Crippen LogP contribution >= 0.6 is 0 Å². The van der Waals surface area contributed by atoms with Crippen molar-refractivity contribution in [2.75, 3.05) is 6.61 Å². The summed E-state index contributed by atoms with van der Waals surface area (Å²) in [5, 5.41) is 0. The summed E-state index contributed by atoms with van der Waals surface area (Å²) in [6.45, 7) is 4.29. The van der Waals surface area contributed by atoms with Crippen molar-refractivity contribution >= 4 is 17.1 Å². The Bertz CT molecular complexity index is 762. The third-order valence-corrected chi connectivity index (χ3v) is 3.72. The maximum Gasteiger partial charge on any atom is 0.340 e. The number of rotatable bonds is 6. The molecule has 0 aliphatic carbocycles. The Balaban J connectivity index is 2.62. The lowest BCUT2D eigenvalue weighted by atomic mass is 9.94. The molecule has 2 aromatic rings. The SMILES string of the molecule is CCCCC#C/C(=C(/C(=O)OCC)c1ccccc1)c1ccccc1. The van der Waals surface area contributed by atoms with E-state index in [4.69, 9.17) is 4.74 Å². The summed E-state index contributed by atoms with van der Waals surface area (Å²) in [6.07, 6.45) is 2.97. The molecule has 0 spiro atoms. The molecule has 0 saturated heterocycles. The highest BCUT2D eigenvalue weighted by molar-refractivity contribution is 6.26. The summed E-state index contributed by atoms with van der Waals surface area (Å²) >= 11 is 0. The van der Waals surface area contributed by atoms with Gasteiger partial charge in [-0.05, 0) is 24.5 Å². The molecule has 0 unspecified atom stereocenters. The van der Waals surface area contributed by atoms with Crippen molar-refractivity contribution in [3.05, 3.63) is 71.8 Å². The highest BCUT2D eigenvalue weighted by atomic mass is 16.5. The van der Waals surface area contributed by atoms with Crippen LogP contribution in [0.2, 0.25) is 0 Å². The van der Waals surface area contributed by atoms with Crippen LogP contribution in [0.25, 0.3) is 11.1 Å². The molecule has 2 rings (SSSR count). The number of carbonyl (C=O) groups excluding carboxylic acids is 1. The molecular formula is C23H24O2. The summed E-state index contributed by atoms with van der Waals surface area (Å²) in [6, 6.07) is 19.4. The molecule has 2 aromatic carbocycles. The molecule has 2 nitrogen and oxygen atoms in total. The lowest BCUT2D eigenvalue weighted by Gasteiger charge is -2.11. The fraction of sp³-hybridized carbons (Fsp3) is 0.261. The topological polar surface area (TPSA) is 26.3 Å². The molecule has 25 heavy (non-hydrogen) atoms. The minimum Gasteiger partial charge on any atom is -0.462 e. The summed E-state index contributed by atoms with van der Waals surface area (Å²) in [5.41, 5.74) is 3.00. The number of allylic oxidation sites excluding steroid dienone is 1. The van der Waals surface area contributed by atoms with Gasteiger partial charge in [-0.15, -0.1) is 0 Å². The van der Waals surface area contributed by atoms with Crippen molar-refractivity contribution in [3.63, 3.8) is 0 Å². The molecule has 0 atom stereocenters. The molecule has 0 fully saturated rings. The summed E-state index contributed by atoms with van der Waals surface area (Å²) in [5.74, 6) is 6.12. The average Bonchev–Trinajstić information content (AvgIpc) is 2.66. The first-order valence-electron chi connectivity index (χ1n) is 8.79. The van der Waals surface area contributed by atoms with Crippen molar-refractivity contribution in [3.8, 4) is 11.8 Å². The Labute approximate surface area is 150 Å². The third-order valence-electron chi connectivity index (χ3n) is 3.72. The quantitative estimate of drug-likeness (QED) is 0.234. The second-order valence-corrected chi connectivity index (χ2v) is 5.61. The van der Waals surface area contributed by atoms with Gasteiger partial charge in [0.25, 0.3) is 0 Å². The van der Waals surface area contributed by atoms with Crippen LogP contribution in [0.5, 0.6) is 0 Å². The van der Waals surface area contributed by atoms with Crippen molar-refractivity contribution < 1.29 is 9.53 Å². The van der Waals surface area contributed by atoms with Gasteiger partial charge in [-0.25, -0.2) is 4.79 Å². The highest BCUT2D eigenvalue weighted by Crippen LogP contribution is 2.27. The molecule has 0 aromatic heterocycles. The molecule has 128 valence electrons. The molecule has 0 amide bonds. The van der Waals surface area contributed by atoms with Gasteiger partial charge < -0.3 is 4.74 Å². The Morgan fingerprint density at radius 3 is 2.08 bits per heavy atom. The van der Waals surface area contributed by atoms with Crippen LogP contribution in [0.4, 0.5) is 0 Å². The Morgan fingerprint density at radius 1 is 0.920 bits per heavy atom. The number of ether oxygens (including phenoxy) is 1.